The molecule has 0 unspecified atom stereocenters. The van der Waals surface area contributed by atoms with Crippen molar-refractivity contribution >= 4 is 30.4 Å². The van der Waals surface area contributed by atoms with Crippen LogP contribution in [0.25, 0.3) is 10.6 Å². The van der Waals surface area contributed by atoms with Crippen LogP contribution >= 0.6 is 18.6 Å². The maximum absolute atomic E-state index is 11.5. The molecule has 0 bridgehead atoms. The van der Waals surface area contributed by atoms with Crippen LogP contribution in [0.5, 0.6) is 0 Å². The average Bonchev–Trinajstić information content (AvgIpc) is 2.75. The van der Waals surface area contributed by atoms with Crippen LogP contribution in [0.15, 0.2) is 60.7 Å². The van der Waals surface area contributed by atoms with Crippen molar-refractivity contribution in [2.45, 2.75) is 40.5 Å². The molecule has 2 aromatic carbocycles. The van der Waals surface area contributed by atoms with E-state index in [1.807, 2.05) is 36.4 Å². The van der Waals surface area contributed by atoms with Crippen LogP contribution in [0, 0.1) is 11.8 Å². The number of halogens is 2. The molecule has 0 atom stereocenters. The first kappa shape index (κ1) is 29.7. The standard InChI is InChI=1S/2C12H17NO.2ClH.Ti/c2*1-10(2)8-9-13-12(14)11-6-4-3-5-7-11;;;/h2*3-7,10H,8-9H2,1-2H3,(H,13,14);2*1H;/q;;;;+2/p-4. The summed E-state index contributed by atoms with van der Waals surface area (Å²) in [6.07, 6.45) is 1.94. The summed E-state index contributed by atoms with van der Waals surface area (Å²) in [5.74, 6) is 0.988. The number of nitrogens with zero attached hydrogens (tertiary/aromatic N) is 2. The quantitative estimate of drug-likeness (QED) is 0.347. The molecule has 0 saturated heterocycles. The summed E-state index contributed by atoms with van der Waals surface area (Å²) < 4.78 is 0. The third-order valence-corrected chi connectivity index (χ3v) is 3.97. The molecule has 0 N–H and O–H groups in total. The van der Waals surface area contributed by atoms with Crippen molar-refractivity contribution in [3.05, 3.63) is 82.4 Å². The van der Waals surface area contributed by atoms with E-state index in [2.05, 4.69) is 38.3 Å². The van der Waals surface area contributed by atoms with Gasteiger partial charge in [0.05, 0.1) is 11.8 Å². The molecule has 0 aliphatic carbocycles. The Bertz CT molecular complexity index is 653. The predicted octanol–water partition coefficient (Wildman–Crippen LogP) is 7.87. The van der Waals surface area contributed by atoms with Crippen molar-refractivity contribution in [2.75, 3.05) is 13.1 Å². The van der Waals surface area contributed by atoms with Crippen molar-refractivity contribution in [2.24, 2.45) is 11.8 Å². The molecule has 2 aromatic rings. The normalized spacial score (nSPS) is 9.68. The molecule has 31 heavy (non-hydrogen) atoms. The fourth-order valence-corrected chi connectivity index (χ4v) is 2.19. The SMILES string of the molecule is CC(C)CC[N-]C(=O)c1ccccc1.CC(C)CC[N-]C(=O)c1ccccc1.[Cl][Ti][Cl]. The van der Waals surface area contributed by atoms with Gasteiger partial charge in [0.25, 0.3) is 0 Å². The molecule has 0 heterocycles. The zero-order valence-corrected chi connectivity index (χ0v) is 21.8. The Morgan fingerprint density at radius 1 is 0.710 bits per heavy atom. The number of hydrogen-bond donors (Lipinski definition) is 0. The van der Waals surface area contributed by atoms with Crippen LogP contribution < -0.4 is 0 Å². The number of carbonyl (C=O) groups is 2. The van der Waals surface area contributed by atoms with Gasteiger partial charge in [-0.2, -0.15) is 0 Å². The molecule has 0 aliphatic heterocycles. The number of rotatable bonds is 8. The van der Waals surface area contributed by atoms with E-state index in [1.165, 1.54) is 0 Å². The Kier molecular flexibility index (Phi) is 18.5. The van der Waals surface area contributed by atoms with Gasteiger partial charge in [-0.1, -0.05) is 101 Å². The molecule has 0 radical (unpaired) electrons. The molecule has 170 valence electrons. The van der Waals surface area contributed by atoms with Gasteiger partial charge in [-0.15, -0.1) is 13.1 Å². The summed E-state index contributed by atoms with van der Waals surface area (Å²) in [6, 6.07) is 18.4. The van der Waals surface area contributed by atoms with E-state index in [-0.39, 0.29) is 11.8 Å². The molecule has 4 nitrogen and oxygen atoms in total. The van der Waals surface area contributed by atoms with Gasteiger partial charge in [0.1, 0.15) is 0 Å². The Balaban J connectivity index is 0.000000516. The molecular weight excluding hydrogens is 467 g/mol. The van der Waals surface area contributed by atoms with Crippen molar-refractivity contribution in [3.8, 4) is 0 Å². The predicted molar refractivity (Wildman–Crippen MR) is 129 cm³/mol. The third kappa shape index (κ3) is 17.0. The van der Waals surface area contributed by atoms with Crippen molar-refractivity contribution in [3.63, 3.8) is 0 Å². The van der Waals surface area contributed by atoms with E-state index in [9.17, 15) is 9.59 Å². The molecule has 2 amide bonds. The summed E-state index contributed by atoms with van der Waals surface area (Å²) in [5, 5.41) is 7.99. The van der Waals surface area contributed by atoms with Gasteiger partial charge in [0.15, 0.2) is 0 Å². The third-order valence-electron chi connectivity index (χ3n) is 3.97. The number of benzene rings is 2. The Labute approximate surface area is 204 Å². The molecule has 0 spiro atoms. The van der Waals surface area contributed by atoms with Gasteiger partial charge in [-0.25, -0.2) is 0 Å². The molecule has 7 heteroatoms. The number of amides is 2. The van der Waals surface area contributed by atoms with Gasteiger partial charge < -0.3 is 20.2 Å². The van der Waals surface area contributed by atoms with Gasteiger partial charge >= 0.3 is 35.6 Å². The summed E-state index contributed by atoms with van der Waals surface area (Å²) in [5.41, 5.74) is 1.35. The Morgan fingerprint density at radius 3 is 1.26 bits per heavy atom. The number of carbonyl (C=O) groups excluding carboxylic acids is 2. The van der Waals surface area contributed by atoms with Gasteiger partial charge in [-0.3, -0.25) is 0 Å². The first-order valence-electron chi connectivity index (χ1n) is 10.3. The van der Waals surface area contributed by atoms with Crippen LogP contribution in [0.1, 0.15) is 61.3 Å². The van der Waals surface area contributed by atoms with E-state index in [0.29, 0.717) is 36.1 Å². The molecule has 0 aromatic heterocycles. The maximum atomic E-state index is 11.5. The molecule has 0 saturated carbocycles. The second-order valence-electron chi connectivity index (χ2n) is 7.54. The summed E-state index contributed by atoms with van der Waals surface area (Å²) in [6.45, 7) is 9.77. The summed E-state index contributed by atoms with van der Waals surface area (Å²) >= 11 is -0.556. The minimum absolute atomic E-state index is 0.105. The van der Waals surface area contributed by atoms with E-state index in [1.54, 1.807) is 24.3 Å². The molecule has 2 rings (SSSR count). The number of hydrogen-bond acceptors (Lipinski definition) is 2. The van der Waals surface area contributed by atoms with E-state index < -0.39 is 17.0 Å². The van der Waals surface area contributed by atoms with Crippen LogP contribution in [-0.2, 0) is 17.0 Å². The van der Waals surface area contributed by atoms with Crippen LogP contribution in [-0.4, -0.2) is 24.9 Å². The van der Waals surface area contributed by atoms with E-state index >= 15 is 0 Å². The topological polar surface area (TPSA) is 62.3 Å². The summed E-state index contributed by atoms with van der Waals surface area (Å²) in [4.78, 5) is 22.9. The van der Waals surface area contributed by atoms with Crippen molar-refractivity contribution < 1.29 is 26.6 Å². The van der Waals surface area contributed by atoms with Crippen LogP contribution in [0.4, 0.5) is 0 Å². The second kappa shape index (κ2) is 19.4. The van der Waals surface area contributed by atoms with Crippen molar-refractivity contribution in [1.82, 2.24) is 0 Å². The van der Waals surface area contributed by atoms with E-state index in [0.717, 1.165) is 12.8 Å². The first-order valence-corrected chi connectivity index (χ1v) is 14.6. The van der Waals surface area contributed by atoms with Gasteiger partial charge in [0.2, 0.25) is 0 Å². The zero-order chi connectivity index (χ0) is 23.5. The van der Waals surface area contributed by atoms with Crippen LogP contribution in [0.3, 0.4) is 0 Å². The fraction of sp³-hybridized carbons (Fsp3) is 0.417. The first-order chi connectivity index (χ1) is 14.8. The molecular formula is C24H32Cl2N2O2Ti-2. The van der Waals surface area contributed by atoms with E-state index in [4.69, 9.17) is 18.6 Å². The van der Waals surface area contributed by atoms with Gasteiger partial charge in [0, 0.05) is 0 Å². The van der Waals surface area contributed by atoms with Crippen LogP contribution in [0.2, 0.25) is 0 Å². The minimum atomic E-state index is -0.556. The van der Waals surface area contributed by atoms with Crippen molar-refractivity contribution in [1.29, 1.82) is 0 Å². The average molecular weight is 499 g/mol. The summed E-state index contributed by atoms with van der Waals surface area (Å²) in [7, 11) is 9.78. The molecule has 0 fully saturated rings. The Hall–Kier alpha value is -1.33. The second-order valence-corrected chi connectivity index (χ2v) is 10.1. The fourth-order valence-electron chi connectivity index (χ4n) is 2.19. The molecule has 0 aliphatic rings. The van der Waals surface area contributed by atoms with Gasteiger partial charge in [-0.05, 0) is 23.0 Å². The zero-order valence-electron chi connectivity index (χ0n) is 18.7. The Morgan fingerprint density at radius 2 is 1.00 bits per heavy atom. The monoisotopic (exact) mass is 498 g/mol.